The van der Waals surface area contributed by atoms with Crippen molar-refractivity contribution >= 4 is 34.8 Å². The lowest BCUT2D eigenvalue weighted by atomic mass is 10.2. The number of rotatable bonds is 2. The molecule has 2 rings (SSSR count). The zero-order chi connectivity index (χ0) is 14.0. The smallest absolute Gasteiger partial charge is 0.278 e. The predicted octanol–water partition coefficient (Wildman–Crippen LogP) is 3.65. The summed E-state index contributed by atoms with van der Waals surface area (Å²) in [7, 11) is 0. The second-order valence-electron chi connectivity index (χ2n) is 3.88. The van der Waals surface area contributed by atoms with Crippen molar-refractivity contribution in [3.63, 3.8) is 0 Å². The lowest BCUT2D eigenvalue weighted by Gasteiger charge is -2.11. The number of benzene rings is 1. The van der Waals surface area contributed by atoms with Crippen LogP contribution in [0.3, 0.4) is 0 Å². The van der Waals surface area contributed by atoms with Crippen LogP contribution in [0.15, 0.2) is 30.5 Å². The minimum Gasteiger partial charge on any atom is -0.505 e. The summed E-state index contributed by atoms with van der Waals surface area (Å²) in [6.45, 7) is 1.80. The molecule has 0 aliphatic heterocycles. The molecule has 6 heteroatoms. The maximum absolute atomic E-state index is 12.0. The summed E-state index contributed by atoms with van der Waals surface area (Å²) in [6, 6.07) is 6.29. The van der Waals surface area contributed by atoms with Gasteiger partial charge in [-0.05, 0) is 30.7 Å². The zero-order valence-corrected chi connectivity index (χ0v) is 11.5. The predicted molar refractivity (Wildman–Crippen MR) is 75.1 cm³/mol. The molecule has 1 amide bonds. The number of carbonyl (C=O) groups is 1. The number of nitrogens with one attached hydrogen (secondary N) is 1. The summed E-state index contributed by atoms with van der Waals surface area (Å²) >= 11 is 12.1. The minimum absolute atomic E-state index is 0.0869. The third-order valence-corrected chi connectivity index (χ3v) is 3.33. The summed E-state index contributed by atoms with van der Waals surface area (Å²) in [5, 5.41) is 12.8. The summed E-state index contributed by atoms with van der Waals surface area (Å²) in [5.74, 6) is -0.785. The first kappa shape index (κ1) is 13.6. The largest absolute Gasteiger partial charge is 0.505 e. The highest BCUT2D eigenvalue weighted by molar-refractivity contribution is 6.40. The molecule has 1 aromatic heterocycles. The van der Waals surface area contributed by atoms with E-state index >= 15 is 0 Å². The summed E-state index contributed by atoms with van der Waals surface area (Å²) < 4.78 is 0. The van der Waals surface area contributed by atoms with Gasteiger partial charge in [0, 0.05) is 6.20 Å². The third-order valence-electron chi connectivity index (χ3n) is 2.52. The van der Waals surface area contributed by atoms with Gasteiger partial charge in [-0.2, -0.15) is 0 Å². The van der Waals surface area contributed by atoms with Crippen molar-refractivity contribution < 1.29 is 9.90 Å². The van der Waals surface area contributed by atoms with Gasteiger partial charge < -0.3 is 10.4 Å². The van der Waals surface area contributed by atoms with Crippen molar-refractivity contribution in [2.45, 2.75) is 6.92 Å². The van der Waals surface area contributed by atoms with Crippen LogP contribution in [0.4, 0.5) is 5.69 Å². The van der Waals surface area contributed by atoms with Gasteiger partial charge in [-0.15, -0.1) is 0 Å². The van der Waals surface area contributed by atoms with E-state index < -0.39 is 5.91 Å². The Hall–Kier alpha value is -1.78. The van der Waals surface area contributed by atoms with Gasteiger partial charge in [-0.3, -0.25) is 4.79 Å². The van der Waals surface area contributed by atoms with E-state index in [0.29, 0.717) is 15.7 Å². The highest BCUT2D eigenvalue weighted by Gasteiger charge is 2.16. The Kier molecular flexibility index (Phi) is 3.93. The van der Waals surface area contributed by atoms with Crippen LogP contribution in [0.2, 0.25) is 10.0 Å². The second-order valence-corrected chi connectivity index (χ2v) is 4.66. The zero-order valence-electron chi connectivity index (χ0n) is 9.95. The van der Waals surface area contributed by atoms with E-state index in [4.69, 9.17) is 23.2 Å². The Morgan fingerprint density at radius 2 is 2.05 bits per heavy atom. The first-order chi connectivity index (χ1) is 9.00. The second kappa shape index (κ2) is 5.47. The molecule has 19 heavy (non-hydrogen) atoms. The lowest BCUT2D eigenvalue weighted by molar-refractivity contribution is 0.101. The van der Waals surface area contributed by atoms with Gasteiger partial charge >= 0.3 is 0 Å². The van der Waals surface area contributed by atoms with E-state index in [-0.39, 0.29) is 11.4 Å². The van der Waals surface area contributed by atoms with Gasteiger partial charge in [0.05, 0.1) is 15.7 Å². The minimum atomic E-state index is -0.576. The molecule has 0 unspecified atom stereocenters. The number of aryl methyl sites for hydroxylation is 1. The highest BCUT2D eigenvalue weighted by Crippen LogP contribution is 2.33. The Labute approximate surface area is 120 Å². The number of aromatic nitrogens is 1. The molecule has 0 spiro atoms. The van der Waals surface area contributed by atoms with Crippen LogP contribution in [0, 0.1) is 6.92 Å². The molecular formula is C13H10Cl2N2O2. The number of hydrogen-bond acceptors (Lipinski definition) is 3. The van der Waals surface area contributed by atoms with Crippen molar-refractivity contribution in [2.24, 2.45) is 0 Å². The van der Waals surface area contributed by atoms with E-state index in [9.17, 15) is 9.90 Å². The fraction of sp³-hybridized carbons (Fsp3) is 0.0769. The molecule has 0 aliphatic carbocycles. The molecule has 0 bridgehead atoms. The normalized spacial score (nSPS) is 10.3. The van der Waals surface area contributed by atoms with E-state index in [0.717, 1.165) is 5.56 Å². The number of carbonyl (C=O) groups excluding carboxylic acids is 1. The van der Waals surface area contributed by atoms with Gasteiger partial charge in [0.25, 0.3) is 5.91 Å². The van der Waals surface area contributed by atoms with Crippen molar-refractivity contribution in [2.75, 3.05) is 5.32 Å². The third kappa shape index (κ3) is 2.80. The van der Waals surface area contributed by atoms with E-state index in [1.807, 2.05) is 0 Å². The maximum atomic E-state index is 12.0. The van der Waals surface area contributed by atoms with Gasteiger partial charge in [0.15, 0.2) is 5.69 Å². The van der Waals surface area contributed by atoms with E-state index in [1.54, 1.807) is 19.1 Å². The van der Waals surface area contributed by atoms with Crippen LogP contribution in [0.5, 0.6) is 5.75 Å². The number of halogens is 2. The molecule has 2 N–H and O–H groups in total. The number of pyridine rings is 1. The van der Waals surface area contributed by atoms with Crippen LogP contribution < -0.4 is 5.32 Å². The number of nitrogens with zero attached hydrogens (tertiary/aromatic N) is 1. The fourth-order valence-corrected chi connectivity index (χ4v) is 1.98. The standard InChI is InChI=1S/C13H10Cl2N2O2/c1-7-4-5-8(14)11(10(7)15)17-13(19)12-9(18)3-2-6-16-12/h2-6,18H,1H3,(H,17,19). The maximum Gasteiger partial charge on any atom is 0.278 e. The topological polar surface area (TPSA) is 62.2 Å². The molecule has 4 nitrogen and oxygen atoms in total. The fourth-order valence-electron chi connectivity index (χ4n) is 1.52. The molecule has 0 fully saturated rings. The SMILES string of the molecule is Cc1ccc(Cl)c(NC(=O)c2ncccc2O)c1Cl. The quantitative estimate of drug-likeness (QED) is 0.889. The average molecular weight is 297 g/mol. The van der Waals surface area contributed by atoms with Crippen LogP contribution >= 0.6 is 23.2 Å². The summed E-state index contributed by atoms with van der Waals surface area (Å²) in [6.07, 6.45) is 1.41. The van der Waals surface area contributed by atoms with Crippen LogP contribution in [-0.4, -0.2) is 16.0 Å². The highest BCUT2D eigenvalue weighted by atomic mass is 35.5. The molecule has 1 heterocycles. The molecule has 0 saturated carbocycles. The number of hydrogen-bond donors (Lipinski definition) is 2. The molecule has 1 aromatic carbocycles. The lowest BCUT2D eigenvalue weighted by Crippen LogP contribution is -2.14. The van der Waals surface area contributed by atoms with Crippen LogP contribution in [0.1, 0.15) is 16.1 Å². The Balaban J connectivity index is 2.35. The first-order valence-electron chi connectivity index (χ1n) is 5.40. The molecule has 2 aromatic rings. The Morgan fingerprint density at radius 1 is 1.32 bits per heavy atom. The molecule has 0 atom stereocenters. The van der Waals surface area contributed by atoms with E-state index in [2.05, 4.69) is 10.3 Å². The number of amides is 1. The number of aromatic hydroxyl groups is 1. The number of anilines is 1. The van der Waals surface area contributed by atoms with Crippen molar-refractivity contribution in [1.82, 2.24) is 4.98 Å². The van der Waals surface area contributed by atoms with Gasteiger partial charge in [-0.1, -0.05) is 29.3 Å². The molecule has 0 aliphatic rings. The summed E-state index contributed by atoms with van der Waals surface area (Å²) in [5.41, 5.74) is 1.00. The van der Waals surface area contributed by atoms with Gasteiger partial charge in [-0.25, -0.2) is 4.98 Å². The van der Waals surface area contributed by atoms with Crippen LogP contribution in [-0.2, 0) is 0 Å². The van der Waals surface area contributed by atoms with E-state index in [1.165, 1.54) is 18.3 Å². The average Bonchev–Trinajstić information content (AvgIpc) is 2.39. The Morgan fingerprint density at radius 3 is 2.74 bits per heavy atom. The first-order valence-corrected chi connectivity index (χ1v) is 6.16. The van der Waals surface area contributed by atoms with Gasteiger partial charge in [0.1, 0.15) is 5.75 Å². The monoisotopic (exact) mass is 296 g/mol. The molecule has 0 radical (unpaired) electrons. The van der Waals surface area contributed by atoms with Crippen molar-refractivity contribution in [1.29, 1.82) is 0 Å². The van der Waals surface area contributed by atoms with Crippen molar-refractivity contribution in [3.05, 3.63) is 51.8 Å². The van der Waals surface area contributed by atoms with Crippen LogP contribution in [0.25, 0.3) is 0 Å². The molecule has 98 valence electrons. The Bertz CT molecular complexity index is 645. The molecular weight excluding hydrogens is 287 g/mol. The summed E-state index contributed by atoms with van der Waals surface area (Å²) in [4.78, 5) is 15.8. The van der Waals surface area contributed by atoms with Gasteiger partial charge in [0.2, 0.25) is 0 Å². The van der Waals surface area contributed by atoms with Crippen molar-refractivity contribution in [3.8, 4) is 5.75 Å². The molecule has 0 saturated heterocycles.